The van der Waals surface area contributed by atoms with Crippen LogP contribution in [0.25, 0.3) is 32.9 Å². The summed E-state index contributed by atoms with van der Waals surface area (Å²) in [5.74, 6) is -0.253. The molecule has 0 aliphatic carbocycles. The first-order chi connectivity index (χ1) is 30.4. The molecule has 3 aromatic carbocycles. The number of nitro benzene ring substituents is 1. The molecule has 0 saturated carbocycles. The fourth-order valence-corrected chi connectivity index (χ4v) is 8.72. The van der Waals surface area contributed by atoms with Crippen LogP contribution in [0.2, 0.25) is 0 Å². The molecule has 2 aromatic heterocycles. The molecule has 18 heteroatoms. The molecule has 1 unspecified atom stereocenters. The Labute approximate surface area is 362 Å². The van der Waals surface area contributed by atoms with Crippen molar-refractivity contribution in [2.75, 3.05) is 58.7 Å². The summed E-state index contributed by atoms with van der Waals surface area (Å²) in [6.45, 7) is 5.96. The lowest BCUT2D eigenvalue weighted by molar-refractivity contribution is -0.384. The minimum atomic E-state index is -0.948. The maximum atomic E-state index is 17.5. The van der Waals surface area contributed by atoms with Crippen LogP contribution in [0.4, 0.5) is 25.1 Å². The van der Waals surface area contributed by atoms with Crippen molar-refractivity contribution in [3.63, 3.8) is 0 Å². The first-order valence-corrected chi connectivity index (χ1v) is 21.2. The van der Waals surface area contributed by atoms with Crippen molar-refractivity contribution >= 4 is 39.3 Å². The number of methoxy groups -OCH3 is 1. The molecule has 8 rings (SSSR count). The lowest BCUT2D eigenvalue weighted by atomic mass is 9.93. The smallest absolute Gasteiger partial charge is 0.468 e. The Morgan fingerprint density at radius 2 is 1.89 bits per heavy atom. The van der Waals surface area contributed by atoms with Crippen molar-refractivity contribution in [1.29, 1.82) is 0 Å². The number of piperidine rings is 1. The predicted molar refractivity (Wildman–Crippen MR) is 227 cm³/mol. The third kappa shape index (κ3) is 9.73. The Morgan fingerprint density at radius 3 is 2.63 bits per heavy atom. The summed E-state index contributed by atoms with van der Waals surface area (Å²) in [4.78, 5) is 41.3. The van der Waals surface area contributed by atoms with E-state index in [1.807, 2.05) is 23.8 Å². The molecule has 4 atom stereocenters. The fourth-order valence-electron chi connectivity index (χ4n) is 8.72. The molecule has 0 bridgehead atoms. The molecule has 5 aromatic rings. The highest BCUT2D eigenvalue weighted by atomic mass is 19.1. The van der Waals surface area contributed by atoms with Gasteiger partial charge in [0.1, 0.15) is 47.1 Å². The number of nitro groups is 1. The number of carbonyl (C=O) groups excluding carboxylic acids is 1. The largest absolute Gasteiger partial charge is 0.514 e. The summed E-state index contributed by atoms with van der Waals surface area (Å²) in [5.41, 5.74) is -0.0802. The van der Waals surface area contributed by atoms with Gasteiger partial charge in [-0.1, -0.05) is 13.0 Å². The topological polar surface area (TPSA) is 170 Å². The number of likely N-dealkylation sites (tertiary alicyclic amines) is 1. The zero-order valence-electron chi connectivity index (χ0n) is 35.6. The zero-order valence-corrected chi connectivity index (χ0v) is 35.6. The predicted octanol–water partition coefficient (Wildman–Crippen LogP) is 8.15. The van der Waals surface area contributed by atoms with Crippen LogP contribution in [0.5, 0.6) is 17.5 Å². The van der Waals surface area contributed by atoms with Gasteiger partial charge >= 0.3 is 12.2 Å². The van der Waals surface area contributed by atoms with E-state index in [1.165, 1.54) is 37.4 Å². The summed E-state index contributed by atoms with van der Waals surface area (Å²) in [7, 11) is 3.35. The first kappa shape index (κ1) is 43.8. The second kappa shape index (κ2) is 18.9. The quantitative estimate of drug-likeness (QED) is 0.0344. The van der Waals surface area contributed by atoms with Crippen LogP contribution in [0.3, 0.4) is 0 Å². The summed E-state index contributed by atoms with van der Waals surface area (Å²) in [6.07, 6.45) is 4.84. The minimum absolute atomic E-state index is 0.0374. The van der Waals surface area contributed by atoms with Crippen LogP contribution in [0.1, 0.15) is 57.9 Å². The number of aromatic nitrogens is 3. The molecule has 3 fully saturated rings. The van der Waals surface area contributed by atoms with Gasteiger partial charge in [-0.15, -0.1) is 0 Å². The number of rotatable bonds is 14. The van der Waals surface area contributed by atoms with Crippen molar-refractivity contribution in [1.82, 2.24) is 19.9 Å². The number of fused-ring (bicyclic) bond motifs is 2. The number of benzene rings is 3. The molecular formula is C45H50F2N6O10. The van der Waals surface area contributed by atoms with Crippen LogP contribution >= 0.6 is 0 Å². The molecule has 3 saturated heterocycles. The van der Waals surface area contributed by atoms with Gasteiger partial charge in [0.25, 0.3) is 5.69 Å². The zero-order chi connectivity index (χ0) is 44.3. The molecule has 3 aliphatic rings. The Morgan fingerprint density at radius 1 is 1.06 bits per heavy atom. The van der Waals surface area contributed by atoms with Crippen molar-refractivity contribution in [2.24, 2.45) is 0 Å². The Balaban J connectivity index is 1.11. The summed E-state index contributed by atoms with van der Waals surface area (Å²) in [6, 6.07) is 11.2. The van der Waals surface area contributed by atoms with Gasteiger partial charge < -0.3 is 38.1 Å². The van der Waals surface area contributed by atoms with Crippen LogP contribution in [0, 0.1) is 21.7 Å². The molecule has 16 nitrogen and oxygen atoms in total. The second-order valence-corrected chi connectivity index (χ2v) is 16.4. The maximum absolute atomic E-state index is 17.5. The Hall–Kier alpha value is -5.82. The molecule has 5 heterocycles. The van der Waals surface area contributed by atoms with Crippen molar-refractivity contribution < 1.29 is 51.7 Å². The molecule has 0 amide bonds. The van der Waals surface area contributed by atoms with Crippen LogP contribution < -0.4 is 19.1 Å². The molecule has 0 spiro atoms. The highest BCUT2D eigenvalue weighted by molar-refractivity contribution is 6.02. The van der Waals surface area contributed by atoms with Gasteiger partial charge in [0.05, 0.1) is 15.9 Å². The van der Waals surface area contributed by atoms with E-state index in [0.29, 0.717) is 77.9 Å². The third-order valence-corrected chi connectivity index (χ3v) is 11.8. The monoisotopic (exact) mass is 872 g/mol. The molecule has 334 valence electrons. The molecular weight excluding hydrogens is 823 g/mol. The highest BCUT2D eigenvalue weighted by Gasteiger charge is 2.38. The molecule has 63 heavy (non-hydrogen) atoms. The van der Waals surface area contributed by atoms with E-state index < -0.39 is 34.4 Å². The minimum Gasteiger partial charge on any atom is -0.468 e. The number of hydrogen-bond donors (Lipinski definition) is 0. The number of carbonyl (C=O) groups is 1. The van der Waals surface area contributed by atoms with E-state index in [0.717, 1.165) is 32.1 Å². The number of ether oxygens (including phenoxy) is 7. The van der Waals surface area contributed by atoms with E-state index in [1.54, 1.807) is 24.4 Å². The average molecular weight is 873 g/mol. The van der Waals surface area contributed by atoms with Gasteiger partial charge in [0.15, 0.2) is 18.9 Å². The van der Waals surface area contributed by atoms with Gasteiger partial charge in [-0.25, -0.2) is 13.6 Å². The number of pyridine rings is 1. The second-order valence-electron chi connectivity index (χ2n) is 16.4. The number of nitrogens with zero attached hydrogens (tertiary/aromatic N) is 6. The van der Waals surface area contributed by atoms with E-state index in [4.69, 9.17) is 38.1 Å². The standard InChI is InChI=1S/C45H50F2N6O10/c1-5-33-36(46)15-10-27-19-31(60-26-57-4)21-34(38(27)33)40-39(47)41-35(22-48-40)42(52-17-8-16-45(2,25-52)63-37-9-6-7-18-58-37)50-43(49-41)59-24-29-20-32(23-51(29)3)62-44(54)61-30-13-11-28(12-14-30)53(55)56/h10-15,19,21-22,29,32,37H,5-9,16-18,20,23-26H2,1-4H3/t29-,32+,37?,45-/m0/s1. The van der Waals surface area contributed by atoms with Gasteiger partial charge in [-0.05, 0) is 99.2 Å². The third-order valence-electron chi connectivity index (χ3n) is 11.8. The van der Waals surface area contributed by atoms with Gasteiger partial charge in [-0.3, -0.25) is 20.0 Å². The van der Waals surface area contributed by atoms with E-state index in [9.17, 15) is 14.9 Å². The summed E-state index contributed by atoms with van der Waals surface area (Å²) >= 11 is 0. The number of halogens is 2. The van der Waals surface area contributed by atoms with Gasteiger partial charge in [0.2, 0.25) is 0 Å². The lowest BCUT2D eigenvalue weighted by Gasteiger charge is -2.43. The maximum Gasteiger partial charge on any atom is 0.514 e. The number of anilines is 1. The van der Waals surface area contributed by atoms with E-state index in [2.05, 4.69) is 16.9 Å². The van der Waals surface area contributed by atoms with Gasteiger partial charge in [0, 0.05) is 69.7 Å². The Bertz CT molecular complexity index is 2470. The number of likely N-dealkylation sites (N-methyl/N-ethyl adjacent to an activating group) is 1. The number of aryl methyl sites for hydroxylation is 1. The van der Waals surface area contributed by atoms with E-state index in [-0.39, 0.29) is 54.4 Å². The molecule has 3 aliphatic heterocycles. The van der Waals surface area contributed by atoms with E-state index >= 15 is 8.78 Å². The van der Waals surface area contributed by atoms with Crippen LogP contribution in [-0.2, 0) is 25.4 Å². The van der Waals surface area contributed by atoms with Crippen molar-refractivity contribution in [3.8, 4) is 28.8 Å². The summed E-state index contributed by atoms with van der Waals surface area (Å²) < 4.78 is 73.4. The SMILES string of the molecule is CCc1c(F)ccc2cc(OCOC)cc(-c3ncc4c(N5CCC[C@](C)(OC6CCCCO6)C5)nc(OC[C@@H]5C[C@@H](OC(=O)Oc6ccc([N+](=O)[O-])cc6)CN5C)nc4c3F)c12. The van der Waals surface area contributed by atoms with Crippen molar-refractivity contribution in [3.05, 3.63) is 82.0 Å². The fraction of sp³-hybridized carbons (Fsp3) is 0.467. The molecule has 0 N–H and O–H groups in total. The lowest BCUT2D eigenvalue weighted by Crippen LogP contribution is -2.50. The highest BCUT2D eigenvalue weighted by Crippen LogP contribution is 2.41. The van der Waals surface area contributed by atoms with Crippen LogP contribution in [-0.4, -0.2) is 109 Å². The summed E-state index contributed by atoms with van der Waals surface area (Å²) in [5, 5.41) is 12.5. The average Bonchev–Trinajstić information content (AvgIpc) is 3.62. The first-order valence-electron chi connectivity index (χ1n) is 21.2. The molecule has 0 radical (unpaired) electrons. The van der Waals surface area contributed by atoms with Crippen LogP contribution in [0.15, 0.2) is 54.7 Å². The number of non-ortho nitro benzene ring substituents is 1. The normalized spacial score (nSPS) is 21.7. The Kier molecular flexibility index (Phi) is 13.1. The van der Waals surface area contributed by atoms with Crippen molar-refractivity contribution in [2.45, 2.75) is 82.8 Å². The van der Waals surface area contributed by atoms with Gasteiger partial charge in [-0.2, -0.15) is 9.97 Å². The number of hydrogen-bond acceptors (Lipinski definition) is 15.